The normalized spacial score (nSPS) is 13.5. The molecule has 0 heterocycles. The van der Waals surface area contributed by atoms with E-state index in [0.29, 0.717) is 24.0 Å². The number of carbonyl (C=O) groups is 2. The fraction of sp³-hybridized carbons (Fsp3) is 0.231. The molecule has 3 N–H and O–H groups in total. The fourth-order valence-corrected chi connectivity index (χ4v) is 5.58. The van der Waals surface area contributed by atoms with Crippen LogP contribution in [0.4, 0.5) is 18.9 Å². The van der Waals surface area contributed by atoms with E-state index in [1.165, 1.54) is 24.3 Å². The predicted octanol–water partition coefficient (Wildman–Crippen LogP) is 5.01. The first-order valence-corrected chi connectivity index (χ1v) is 12.9. The van der Waals surface area contributed by atoms with Crippen LogP contribution in [0.25, 0.3) is 0 Å². The molecule has 0 atom stereocenters. The Morgan fingerprint density at radius 2 is 1.54 bits per heavy atom. The van der Waals surface area contributed by atoms with E-state index in [2.05, 4.69) is 10.0 Å². The molecule has 0 spiro atoms. The first-order valence-electron chi connectivity index (χ1n) is 11.4. The highest BCUT2D eigenvalue weighted by Crippen LogP contribution is 2.31. The number of amides is 1. The number of carboxylic acids is 1. The van der Waals surface area contributed by atoms with Crippen LogP contribution in [0.2, 0.25) is 0 Å². The lowest BCUT2D eigenvalue weighted by Gasteiger charge is -2.21. The number of hydrogen-bond acceptors (Lipinski definition) is 4. The number of carboxylic acid groups (broad SMARTS) is 1. The average molecular weight is 533 g/mol. The van der Waals surface area contributed by atoms with Crippen molar-refractivity contribution in [1.29, 1.82) is 0 Å². The average Bonchev–Trinajstić information content (AvgIpc) is 2.86. The summed E-state index contributed by atoms with van der Waals surface area (Å²) in [6.07, 6.45) is -1.65. The van der Waals surface area contributed by atoms with E-state index < -0.39 is 33.6 Å². The van der Waals surface area contributed by atoms with E-state index in [4.69, 9.17) is 0 Å². The number of aryl methyl sites for hydroxylation is 1. The molecule has 0 radical (unpaired) electrons. The number of anilines is 1. The maximum Gasteiger partial charge on any atom is 0.416 e. The summed E-state index contributed by atoms with van der Waals surface area (Å²) in [6, 6.07) is 12.8. The van der Waals surface area contributed by atoms with Gasteiger partial charge in [0.2, 0.25) is 0 Å². The summed E-state index contributed by atoms with van der Waals surface area (Å²) in [5.74, 6) is -1.76. The van der Waals surface area contributed by atoms with Crippen LogP contribution in [0.1, 0.15) is 55.8 Å². The summed E-state index contributed by atoms with van der Waals surface area (Å²) in [4.78, 5) is 23.7. The summed E-state index contributed by atoms with van der Waals surface area (Å²) >= 11 is 0. The zero-order chi connectivity index (χ0) is 26.8. The third-order valence-corrected chi connectivity index (χ3v) is 7.54. The van der Waals surface area contributed by atoms with Gasteiger partial charge in [0.05, 0.1) is 16.0 Å². The van der Waals surface area contributed by atoms with Crippen LogP contribution in [0.5, 0.6) is 0 Å². The first kappa shape index (κ1) is 26.2. The molecule has 0 saturated carbocycles. The van der Waals surface area contributed by atoms with Crippen molar-refractivity contribution in [1.82, 2.24) is 5.32 Å². The number of hydrogen-bond donors (Lipinski definition) is 3. The van der Waals surface area contributed by atoms with Crippen molar-refractivity contribution in [2.24, 2.45) is 0 Å². The van der Waals surface area contributed by atoms with Gasteiger partial charge in [0.15, 0.2) is 0 Å². The van der Waals surface area contributed by atoms with Crippen LogP contribution < -0.4 is 10.0 Å². The Hall–Kier alpha value is -3.86. The van der Waals surface area contributed by atoms with Crippen LogP contribution in [0.3, 0.4) is 0 Å². The van der Waals surface area contributed by atoms with Crippen LogP contribution in [0.15, 0.2) is 65.6 Å². The second kappa shape index (κ2) is 10.3. The van der Waals surface area contributed by atoms with Gasteiger partial charge < -0.3 is 10.4 Å². The molecule has 11 heteroatoms. The Labute approximate surface area is 211 Å². The number of alkyl halides is 3. The van der Waals surface area contributed by atoms with E-state index >= 15 is 0 Å². The highest BCUT2D eigenvalue weighted by molar-refractivity contribution is 7.92. The molecule has 194 valence electrons. The third kappa shape index (κ3) is 6.11. The van der Waals surface area contributed by atoms with Gasteiger partial charge in [0.25, 0.3) is 15.9 Å². The SMILES string of the molecule is O=C(O)c1cc2c(c(S(=O)(=O)Nc3ccc(CNC(=O)c4ccc(C(F)(F)F)cc4)cc3)c1)CCCC2. The van der Waals surface area contributed by atoms with Gasteiger partial charge in [0.1, 0.15) is 0 Å². The molecule has 0 aromatic heterocycles. The van der Waals surface area contributed by atoms with E-state index in [1.54, 1.807) is 12.1 Å². The second-order valence-corrected chi connectivity index (χ2v) is 10.3. The molecule has 1 aliphatic rings. The Balaban J connectivity index is 1.44. The van der Waals surface area contributed by atoms with Crippen molar-refractivity contribution in [2.45, 2.75) is 43.3 Å². The third-order valence-electron chi connectivity index (χ3n) is 6.09. The molecule has 1 aliphatic carbocycles. The maximum atomic E-state index is 13.2. The lowest BCUT2D eigenvalue weighted by Crippen LogP contribution is -2.23. The Morgan fingerprint density at radius 3 is 2.16 bits per heavy atom. The van der Waals surface area contributed by atoms with E-state index in [-0.39, 0.29) is 28.3 Å². The number of benzene rings is 3. The second-order valence-electron chi connectivity index (χ2n) is 8.68. The van der Waals surface area contributed by atoms with Crippen molar-refractivity contribution in [2.75, 3.05) is 4.72 Å². The van der Waals surface area contributed by atoms with Crippen molar-refractivity contribution in [3.63, 3.8) is 0 Å². The quantitative estimate of drug-likeness (QED) is 0.396. The summed E-state index contributed by atoms with van der Waals surface area (Å²) in [7, 11) is -4.06. The molecule has 0 fully saturated rings. The minimum atomic E-state index is -4.49. The molecule has 1 amide bonds. The Kier molecular flexibility index (Phi) is 7.26. The zero-order valence-corrected chi connectivity index (χ0v) is 20.2. The molecular weight excluding hydrogens is 509 g/mol. The van der Waals surface area contributed by atoms with Crippen LogP contribution in [-0.4, -0.2) is 25.4 Å². The van der Waals surface area contributed by atoms with Crippen molar-refractivity contribution >= 4 is 27.6 Å². The number of fused-ring (bicyclic) bond motifs is 1. The fourth-order valence-electron chi connectivity index (χ4n) is 4.19. The molecule has 3 aromatic carbocycles. The lowest BCUT2D eigenvalue weighted by molar-refractivity contribution is -0.137. The molecule has 0 bridgehead atoms. The Morgan fingerprint density at radius 1 is 0.892 bits per heavy atom. The van der Waals surface area contributed by atoms with Gasteiger partial charge in [-0.25, -0.2) is 13.2 Å². The zero-order valence-electron chi connectivity index (χ0n) is 19.4. The summed E-state index contributed by atoms with van der Waals surface area (Å²) in [5.41, 5.74) is 1.38. The van der Waals surface area contributed by atoms with Gasteiger partial charge in [-0.05, 0) is 90.9 Å². The standard InChI is InChI=1S/C26H23F3N2O5S/c27-26(28,29)20-9-7-17(8-10-20)24(32)30-15-16-5-11-21(12-6-16)31-37(35,36)23-14-19(25(33)34)13-18-3-1-2-4-22(18)23/h5-14,31H,1-4,15H2,(H,30,32)(H,33,34). The topological polar surface area (TPSA) is 113 Å². The summed E-state index contributed by atoms with van der Waals surface area (Å²) in [6.45, 7) is 0.0705. The van der Waals surface area contributed by atoms with Crippen LogP contribution in [-0.2, 0) is 35.6 Å². The van der Waals surface area contributed by atoms with Gasteiger partial charge in [-0.3, -0.25) is 9.52 Å². The van der Waals surface area contributed by atoms with Crippen LogP contribution >= 0.6 is 0 Å². The number of nitrogens with one attached hydrogen (secondary N) is 2. The molecule has 0 saturated heterocycles. The number of aromatic carboxylic acids is 1. The first-order chi connectivity index (χ1) is 17.4. The van der Waals surface area contributed by atoms with E-state index in [9.17, 15) is 36.3 Å². The Bertz CT molecular complexity index is 1430. The molecule has 4 rings (SSSR count). The molecule has 7 nitrogen and oxygen atoms in total. The predicted molar refractivity (Wildman–Crippen MR) is 130 cm³/mol. The largest absolute Gasteiger partial charge is 0.478 e. The maximum absolute atomic E-state index is 13.2. The van der Waals surface area contributed by atoms with Gasteiger partial charge in [-0.2, -0.15) is 13.2 Å². The van der Waals surface area contributed by atoms with Crippen LogP contribution in [0, 0.1) is 0 Å². The van der Waals surface area contributed by atoms with E-state index in [1.807, 2.05) is 0 Å². The molecule has 0 unspecified atom stereocenters. The number of rotatable bonds is 7. The van der Waals surface area contributed by atoms with Gasteiger partial charge >= 0.3 is 12.1 Å². The minimum absolute atomic E-state index is 0.0463. The van der Waals surface area contributed by atoms with Gasteiger partial charge in [-0.1, -0.05) is 12.1 Å². The van der Waals surface area contributed by atoms with Gasteiger partial charge in [-0.15, -0.1) is 0 Å². The number of halogens is 3. The summed E-state index contributed by atoms with van der Waals surface area (Å²) in [5, 5.41) is 12.0. The van der Waals surface area contributed by atoms with Crippen molar-refractivity contribution < 1.29 is 36.3 Å². The van der Waals surface area contributed by atoms with E-state index in [0.717, 1.165) is 42.7 Å². The smallest absolute Gasteiger partial charge is 0.416 e. The van der Waals surface area contributed by atoms with Crippen molar-refractivity contribution in [3.8, 4) is 0 Å². The molecule has 3 aromatic rings. The highest BCUT2D eigenvalue weighted by atomic mass is 32.2. The lowest BCUT2D eigenvalue weighted by atomic mass is 9.90. The summed E-state index contributed by atoms with van der Waals surface area (Å²) < 4.78 is 66.8. The molecule has 0 aliphatic heterocycles. The molecule has 37 heavy (non-hydrogen) atoms. The highest BCUT2D eigenvalue weighted by Gasteiger charge is 2.30. The van der Waals surface area contributed by atoms with Crippen molar-refractivity contribution in [3.05, 3.63) is 94.0 Å². The molecular formula is C26H23F3N2O5S. The van der Waals surface area contributed by atoms with Gasteiger partial charge in [0, 0.05) is 17.8 Å². The minimum Gasteiger partial charge on any atom is -0.478 e. The monoisotopic (exact) mass is 532 g/mol. The number of sulfonamides is 1. The number of carbonyl (C=O) groups excluding carboxylic acids is 1.